The first-order chi connectivity index (χ1) is 12.9. The van der Waals surface area contributed by atoms with Crippen LogP contribution in [-0.4, -0.2) is 36.5 Å². The van der Waals surface area contributed by atoms with Gasteiger partial charge in [0, 0.05) is 12.7 Å². The monoisotopic (exact) mass is 406 g/mol. The highest BCUT2D eigenvalue weighted by Crippen LogP contribution is 2.37. The lowest BCUT2D eigenvalue weighted by Gasteiger charge is -2.27. The van der Waals surface area contributed by atoms with Crippen molar-refractivity contribution in [3.8, 4) is 0 Å². The van der Waals surface area contributed by atoms with Crippen molar-refractivity contribution in [1.29, 1.82) is 0 Å². The van der Waals surface area contributed by atoms with Crippen molar-refractivity contribution in [2.75, 3.05) is 6.26 Å². The van der Waals surface area contributed by atoms with Crippen LogP contribution in [0.4, 0.5) is 4.39 Å². The fraction of sp³-hybridized carbons (Fsp3) is 0.286. The number of sulfone groups is 1. The highest BCUT2D eigenvalue weighted by atomic mass is 32.2. The Kier molecular flexibility index (Phi) is 6.41. The topological polar surface area (TPSA) is 91.7 Å². The van der Waals surface area contributed by atoms with Crippen LogP contribution in [-0.2, 0) is 14.6 Å². The number of carboxylic acid groups (broad SMARTS) is 1. The minimum Gasteiger partial charge on any atom is -0.481 e. The van der Waals surface area contributed by atoms with Gasteiger partial charge in [-0.25, -0.2) is 12.8 Å². The van der Waals surface area contributed by atoms with Crippen molar-refractivity contribution < 1.29 is 27.8 Å². The fourth-order valence-corrected chi connectivity index (χ4v) is 3.72. The Morgan fingerprint density at radius 2 is 1.64 bits per heavy atom. The van der Waals surface area contributed by atoms with Crippen molar-refractivity contribution in [3.63, 3.8) is 0 Å². The van der Waals surface area contributed by atoms with E-state index in [1.807, 2.05) is 0 Å². The molecule has 2 aromatic carbocycles. The second kappa shape index (κ2) is 8.24. The molecule has 0 fully saturated rings. The van der Waals surface area contributed by atoms with Gasteiger partial charge in [0.1, 0.15) is 5.82 Å². The number of carbonyl (C=O) groups is 1. The summed E-state index contributed by atoms with van der Waals surface area (Å²) >= 11 is 0. The van der Waals surface area contributed by atoms with E-state index in [1.165, 1.54) is 30.3 Å². The molecule has 2 N–H and O–H groups in total. The summed E-state index contributed by atoms with van der Waals surface area (Å²) in [5, 5.41) is 19.9. The number of benzene rings is 2. The van der Waals surface area contributed by atoms with Crippen LogP contribution >= 0.6 is 0 Å². The largest absolute Gasteiger partial charge is 0.481 e. The molecule has 0 bridgehead atoms. The fourth-order valence-electron chi connectivity index (χ4n) is 3.09. The molecule has 0 spiro atoms. The second-order valence-electron chi connectivity index (χ2n) is 7.11. The molecule has 0 heterocycles. The zero-order chi connectivity index (χ0) is 21.1. The van der Waals surface area contributed by atoms with Crippen molar-refractivity contribution >= 4 is 27.0 Å². The SMILES string of the molecule is CC(C)(O)/C(=C(\CCC(=O)O)c1cccc(F)c1)c1ccc(S(C)(=O)=O)cc1. The summed E-state index contributed by atoms with van der Waals surface area (Å²) in [5.74, 6) is -1.50. The van der Waals surface area contributed by atoms with Crippen LogP contribution in [0.2, 0.25) is 0 Å². The predicted molar refractivity (Wildman–Crippen MR) is 106 cm³/mol. The van der Waals surface area contributed by atoms with E-state index in [1.54, 1.807) is 32.0 Å². The molecule has 5 nitrogen and oxygen atoms in total. The van der Waals surface area contributed by atoms with Crippen LogP contribution in [0.5, 0.6) is 0 Å². The van der Waals surface area contributed by atoms with Gasteiger partial charge in [-0.3, -0.25) is 4.79 Å². The van der Waals surface area contributed by atoms with E-state index in [0.717, 1.165) is 6.26 Å². The van der Waals surface area contributed by atoms with Crippen molar-refractivity contribution in [2.45, 2.75) is 37.2 Å². The Morgan fingerprint density at radius 1 is 1.04 bits per heavy atom. The zero-order valence-electron chi connectivity index (χ0n) is 15.9. The Labute approximate surface area is 164 Å². The maximum absolute atomic E-state index is 13.8. The van der Waals surface area contributed by atoms with Crippen LogP contribution in [0.3, 0.4) is 0 Å². The van der Waals surface area contributed by atoms with Crippen molar-refractivity contribution in [1.82, 2.24) is 0 Å². The van der Waals surface area contributed by atoms with Crippen LogP contribution in [0, 0.1) is 5.82 Å². The molecule has 150 valence electrons. The van der Waals surface area contributed by atoms with Gasteiger partial charge >= 0.3 is 5.97 Å². The molecule has 2 aromatic rings. The summed E-state index contributed by atoms with van der Waals surface area (Å²) < 4.78 is 37.2. The predicted octanol–water partition coefficient (Wildman–Crippen LogP) is 3.78. The first kappa shape index (κ1) is 21.8. The van der Waals surface area contributed by atoms with Gasteiger partial charge in [-0.2, -0.15) is 0 Å². The average Bonchev–Trinajstić information content (AvgIpc) is 2.56. The molecule has 28 heavy (non-hydrogen) atoms. The van der Waals surface area contributed by atoms with Gasteiger partial charge in [0.25, 0.3) is 0 Å². The molecular weight excluding hydrogens is 383 g/mol. The molecule has 0 amide bonds. The van der Waals surface area contributed by atoms with Crippen molar-refractivity contribution in [2.24, 2.45) is 0 Å². The van der Waals surface area contributed by atoms with Gasteiger partial charge in [0.2, 0.25) is 0 Å². The lowest BCUT2D eigenvalue weighted by atomic mass is 9.83. The third-order valence-electron chi connectivity index (χ3n) is 4.25. The lowest BCUT2D eigenvalue weighted by Crippen LogP contribution is -2.22. The van der Waals surface area contributed by atoms with Crippen molar-refractivity contribution in [3.05, 3.63) is 65.5 Å². The second-order valence-corrected chi connectivity index (χ2v) is 9.13. The van der Waals surface area contributed by atoms with E-state index in [4.69, 9.17) is 5.11 Å². The van der Waals surface area contributed by atoms with E-state index in [-0.39, 0.29) is 17.7 Å². The number of hydrogen-bond acceptors (Lipinski definition) is 4. The summed E-state index contributed by atoms with van der Waals surface area (Å²) in [6.07, 6.45) is 0.971. The lowest BCUT2D eigenvalue weighted by molar-refractivity contribution is -0.136. The van der Waals surface area contributed by atoms with Crippen LogP contribution in [0.25, 0.3) is 11.1 Å². The number of rotatable bonds is 7. The Hall–Kier alpha value is -2.51. The maximum Gasteiger partial charge on any atom is 0.303 e. The zero-order valence-corrected chi connectivity index (χ0v) is 16.8. The third-order valence-corrected chi connectivity index (χ3v) is 5.38. The highest BCUT2D eigenvalue weighted by Gasteiger charge is 2.26. The van der Waals surface area contributed by atoms with Crippen LogP contribution in [0.15, 0.2) is 53.4 Å². The summed E-state index contributed by atoms with van der Waals surface area (Å²) in [5.41, 5.74) is 0.517. The molecule has 0 aliphatic rings. The van der Waals surface area contributed by atoms with Crippen LogP contribution in [0.1, 0.15) is 37.8 Å². The maximum atomic E-state index is 13.8. The highest BCUT2D eigenvalue weighted by molar-refractivity contribution is 7.90. The molecule has 0 radical (unpaired) electrons. The minimum absolute atomic E-state index is 0.0753. The van der Waals surface area contributed by atoms with E-state index in [2.05, 4.69) is 0 Å². The normalized spacial score (nSPS) is 13.2. The quantitative estimate of drug-likeness (QED) is 0.683. The molecular formula is C21H23FO5S. The summed E-state index contributed by atoms with van der Waals surface area (Å²) in [7, 11) is -3.39. The number of carboxylic acids is 1. The molecule has 0 aliphatic heterocycles. The summed E-state index contributed by atoms with van der Waals surface area (Å²) in [6.45, 7) is 3.10. The number of aliphatic carboxylic acids is 1. The molecule has 0 saturated carbocycles. The summed E-state index contributed by atoms with van der Waals surface area (Å²) in [6, 6.07) is 11.7. The molecule has 0 aliphatic carbocycles. The Balaban J connectivity index is 2.74. The average molecular weight is 406 g/mol. The van der Waals surface area contributed by atoms with Gasteiger partial charge in [0.15, 0.2) is 9.84 Å². The van der Waals surface area contributed by atoms with Gasteiger partial charge in [-0.1, -0.05) is 24.3 Å². The van der Waals surface area contributed by atoms with E-state index >= 15 is 0 Å². The van der Waals surface area contributed by atoms with Gasteiger partial charge in [0.05, 0.1) is 10.5 Å². The number of halogens is 1. The van der Waals surface area contributed by atoms with Gasteiger partial charge < -0.3 is 10.2 Å². The first-order valence-electron chi connectivity index (χ1n) is 8.64. The number of aliphatic hydroxyl groups is 1. The number of allylic oxidation sites excluding steroid dienone is 1. The standard InChI is InChI=1S/C21H23FO5S/c1-21(2,25)20(14-7-9-17(10-8-14)28(3,26)27)18(11-12-19(23)24)15-5-4-6-16(22)13-15/h4-10,13,25H,11-12H2,1-3H3,(H,23,24)/b20-18+. The molecule has 7 heteroatoms. The molecule has 0 unspecified atom stereocenters. The smallest absolute Gasteiger partial charge is 0.303 e. The first-order valence-corrected chi connectivity index (χ1v) is 10.5. The number of hydrogen-bond donors (Lipinski definition) is 2. The minimum atomic E-state index is -3.39. The Morgan fingerprint density at radius 3 is 2.11 bits per heavy atom. The van der Waals surface area contributed by atoms with Gasteiger partial charge in [-0.05, 0) is 66.8 Å². The van der Waals surface area contributed by atoms with E-state index in [0.29, 0.717) is 22.3 Å². The summed E-state index contributed by atoms with van der Waals surface area (Å²) in [4.78, 5) is 11.3. The Bertz CT molecular complexity index is 1000. The molecule has 0 atom stereocenters. The van der Waals surface area contributed by atoms with E-state index < -0.39 is 27.2 Å². The molecule has 0 aromatic heterocycles. The third kappa shape index (κ3) is 5.50. The van der Waals surface area contributed by atoms with E-state index in [9.17, 15) is 22.7 Å². The molecule has 2 rings (SSSR count). The van der Waals surface area contributed by atoms with Crippen LogP contribution < -0.4 is 0 Å². The van der Waals surface area contributed by atoms with Gasteiger partial charge in [-0.15, -0.1) is 0 Å². The molecule has 0 saturated heterocycles.